The van der Waals surface area contributed by atoms with Crippen LogP contribution in [-0.2, 0) is 6.54 Å². The van der Waals surface area contributed by atoms with Crippen LogP contribution >= 0.6 is 23.1 Å². The van der Waals surface area contributed by atoms with Crippen molar-refractivity contribution in [3.8, 4) is 0 Å². The third kappa shape index (κ3) is 3.55. The van der Waals surface area contributed by atoms with Gasteiger partial charge in [0.25, 0.3) is 11.1 Å². The minimum atomic E-state index is -0.797. The van der Waals surface area contributed by atoms with Gasteiger partial charge in [-0.05, 0) is 42.5 Å². The number of aromatic nitrogens is 4. The summed E-state index contributed by atoms with van der Waals surface area (Å²) in [6.07, 6.45) is 5.32. The van der Waals surface area contributed by atoms with Crippen molar-refractivity contribution < 1.29 is 4.79 Å². The average Bonchev–Trinajstić information content (AvgIpc) is 3.67. The van der Waals surface area contributed by atoms with E-state index in [9.17, 15) is 19.2 Å². The first kappa shape index (κ1) is 21.0. The Balaban J connectivity index is 1.49. The van der Waals surface area contributed by atoms with Gasteiger partial charge >= 0.3 is 5.69 Å². The molecule has 32 heavy (non-hydrogen) atoms. The summed E-state index contributed by atoms with van der Waals surface area (Å²) in [7, 11) is 0. The Morgan fingerprint density at radius 1 is 1.31 bits per heavy atom. The second-order valence-electron chi connectivity index (χ2n) is 8.08. The molecule has 3 heterocycles. The first-order chi connectivity index (χ1) is 15.4. The number of nitrogens with two attached hydrogens (primary N) is 1. The molecule has 0 atom stereocenters. The van der Waals surface area contributed by atoms with Crippen LogP contribution in [0.4, 0.5) is 5.82 Å². The van der Waals surface area contributed by atoms with E-state index in [0.29, 0.717) is 21.3 Å². The SMILES string of the molecule is C=CCn1c(SCC(=O)c2c(N)n(C3CC3)c(=O)[nH]c2=O)nc2scc(C3CC3)c2c1=O. The number of thiophene rings is 1. The average molecular weight is 472 g/mol. The number of anilines is 1. The molecule has 3 N–H and O–H groups in total. The lowest BCUT2D eigenvalue weighted by atomic mass is 10.1. The minimum absolute atomic E-state index is 0.0834. The summed E-state index contributed by atoms with van der Waals surface area (Å²) in [4.78, 5) is 58.0. The first-order valence-corrected chi connectivity index (χ1v) is 12.2. The maximum Gasteiger partial charge on any atom is 0.330 e. The molecule has 0 aromatic carbocycles. The second-order valence-corrected chi connectivity index (χ2v) is 9.88. The van der Waals surface area contributed by atoms with Crippen molar-refractivity contribution in [1.29, 1.82) is 0 Å². The summed E-state index contributed by atoms with van der Waals surface area (Å²) in [6, 6.07) is -0.0834. The standard InChI is InChI=1S/C21H21N5O4S2/c1-2-7-25-19(29)14-12(10-3-4-10)8-31-18(14)24-21(25)32-9-13(27)15-16(22)26(11-5-6-11)20(30)23-17(15)28/h2,8,10-11H,1,3-7,9,22H2,(H,23,28,30). The molecule has 0 spiro atoms. The van der Waals surface area contributed by atoms with E-state index in [0.717, 1.165) is 43.0 Å². The van der Waals surface area contributed by atoms with Crippen molar-refractivity contribution in [1.82, 2.24) is 19.1 Å². The van der Waals surface area contributed by atoms with E-state index in [2.05, 4.69) is 16.5 Å². The highest BCUT2D eigenvalue weighted by Crippen LogP contribution is 2.44. The molecule has 2 aliphatic rings. The van der Waals surface area contributed by atoms with E-state index >= 15 is 0 Å². The Labute approximate surface area is 190 Å². The lowest BCUT2D eigenvalue weighted by molar-refractivity contribution is 0.102. The van der Waals surface area contributed by atoms with E-state index in [1.807, 2.05) is 5.38 Å². The third-order valence-electron chi connectivity index (χ3n) is 5.72. The molecule has 0 amide bonds. The normalized spacial score (nSPS) is 15.9. The zero-order chi connectivity index (χ0) is 22.6. The Bertz CT molecular complexity index is 1440. The fourth-order valence-electron chi connectivity index (χ4n) is 3.85. The number of carbonyl (C=O) groups is 1. The maximum absolute atomic E-state index is 13.2. The quantitative estimate of drug-likeness (QED) is 0.223. The predicted octanol–water partition coefficient (Wildman–Crippen LogP) is 2.26. The molecule has 2 aliphatic carbocycles. The fourth-order valence-corrected chi connectivity index (χ4v) is 5.80. The number of fused-ring (bicyclic) bond motifs is 1. The molecule has 11 heteroatoms. The van der Waals surface area contributed by atoms with Gasteiger partial charge in [-0.2, -0.15) is 0 Å². The molecule has 2 fully saturated rings. The van der Waals surface area contributed by atoms with Gasteiger partial charge in [-0.1, -0.05) is 17.8 Å². The number of Topliss-reactive ketones (excluding diaryl/α,β-unsaturated/α-hetero) is 1. The van der Waals surface area contributed by atoms with Crippen molar-refractivity contribution in [2.24, 2.45) is 0 Å². The summed E-state index contributed by atoms with van der Waals surface area (Å²) < 4.78 is 2.78. The Morgan fingerprint density at radius 2 is 2.06 bits per heavy atom. The van der Waals surface area contributed by atoms with E-state index in [-0.39, 0.29) is 35.3 Å². The Kier molecular flexibility index (Phi) is 5.17. The van der Waals surface area contributed by atoms with Crippen LogP contribution in [0.5, 0.6) is 0 Å². The number of H-pyrrole nitrogens is 1. The number of allylic oxidation sites excluding steroid dienone is 1. The van der Waals surface area contributed by atoms with Crippen LogP contribution in [0.2, 0.25) is 0 Å². The van der Waals surface area contributed by atoms with Gasteiger partial charge in [0.15, 0.2) is 10.9 Å². The first-order valence-electron chi connectivity index (χ1n) is 10.3. The maximum atomic E-state index is 13.2. The lowest BCUT2D eigenvalue weighted by Gasteiger charge is -2.12. The number of rotatable bonds is 8. The molecular formula is C21H21N5O4S2. The number of aromatic amines is 1. The topological polar surface area (TPSA) is 133 Å². The van der Waals surface area contributed by atoms with Crippen molar-refractivity contribution in [2.45, 2.75) is 49.3 Å². The highest BCUT2D eigenvalue weighted by atomic mass is 32.2. The van der Waals surface area contributed by atoms with Crippen LogP contribution in [0, 0.1) is 0 Å². The van der Waals surface area contributed by atoms with Crippen molar-refractivity contribution in [3.63, 3.8) is 0 Å². The molecule has 0 unspecified atom stereocenters. The van der Waals surface area contributed by atoms with Crippen LogP contribution in [0.15, 0.2) is 37.6 Å². The number of thioether (sulfide) groups is 1. The molecule has 0 aliphatic heterocycles. The number of hydrogen-bond donors (Lipinski definition) is 2. The molecule has 0 saturated heterocycles. The highest BCUT2D eigenvalue weighted by molar-refractivity contribution is 7.99. The number of ketones is 1. The van der Waals surface area contributed by atoms with Crippen LogP contribution < -0.4 is 22.5 Å². The van der Waals surface area contributed by atoms with Crippen LogP contribution in [0.1, 0.15) is 53.6 Å². The van der Waals surface area contributed by atoms with Gasteiger partial charge in [-0.25, -0.2) is 9.78 Å². The predicted molar refractivity (Wildman–Crippen MR) is 125 cm³/mol. The van der Waals surface area contributed by atoms with E-state index < -0.39 is 17.0 Å². The van der Waals surface area contributed by atoms with Crippen LogP contribution in [0.3, 0.4) is 0 Å². The smallest absolute Gasteiger partial charge is 0.330 e. The highest BCUT2D eigenvalue weighted by Gasteiger charge is 2.31. The molecule has 9 nitrogen and oxygen atoms in total. The fraction of sp³-hybridized carbons (Fsp3) is 0.381. The molecule has 166 valence electrons. The van der Waals surface area contributed by atoms with Gasteiger partial charge in [-0.15, -0.1) is 17.9 Å². The van der Waals surface area contributed by atoms with Crippen molar-refractivity contribution in [3.05, 3.63) is 60.4 Å². The molecule has 3 aromatic rings. The summed E-state index contributed by atoms with van der Waals surface area (Å²) in [5, 5.41) is 3.02. The zero-order valence-electron chi connectivity index (χ0n) is 17.1. The lowest BCUT2D eigenvalue weighted by Crippen LogP contribution is -2.36. The van der Waals surface area contributed by atoms with E-state index in [1.54, 1.807) is 6.08 Å². The van der Waals surface area contributed by atoms with Gasteiger partial charge in [0.1, 0.15) is 16.2 Å². The molecule has 2 saturated carbocycles. The van der Waals surface area contributed by atoms with E-state index in [4.69, 9.17) is 5.73 Å². The van der Waals surface area contributed by atoms with Gasteiger partial charge < -0.3 is 5.73 Å². The molecular weight excluding hydrogens is 450 g/mol. The van der Waals surface area contributed by atoms with Crippen LogP contribution in [-0.4, -0.2) is 30.6 Å². The molecule has 5 rings (SSSR count). The number of hydrogen-bond acceptors (Lipinski definition) is 8. The van der Waals surface area contributed by atoms with Gasteiger partial charge in [0, 0.05) is 12.6 Å². The van der Waals surface area contributed by atoms with Gasteiger partial charge in [-0.3, -0.25) is 28.5 Å². The number of carbonyl (C=O) groups excluding carboxylic acids is 1. The Morgan fingerprint density at radius 3 is 2.72 bits per heavy atom. The number of nitrogen functional groups attached to an aromatic ring is 1. The summed E-state index contributed by atoms with van der Waals surface area (Å²) >= 11 is 2.49. The van der Waals surface area contributed by atoms with Gasteiger partial charge in [0.05, 0.1) is 11.1 Å². The van der Waals surface area contributed by atoms with Crippen molar-refractivity contribution in [2.75, 3.05) is 11.5 Å². The second kappa shape index (κ2) is 7.89. The van der Waals surface area contributed by atoms with E-state index in [1.165, 1.54) is 20.5 Å². The monoisotopic (exact) mass is 471 g/mol. The minimum Gasteiger partial charge on any atom is -0.384 e. The number of nitrogens with zero attached hydrogens (tertiary/aromatic N) is 3. The Hall–Kier alpha value is -2.92. The summed E-state index contributed by atoms with van der Waals surface area (Å²) in [5.41, 5.74) is 5.32. The summed E-state index contributed by atoms with van der Waals surface area (Å²) in [5.74, 6) is -0.350. The largest absolute Gasteiger partial charge is 0.384 e. The zero-order valence-corrected chi connectivity index (χ0v) is 18.8. The van der Waals surface area contributed by atoms with Crippen molar-refractivity contribution >= 4 is 44.9 Å². The van der Waals surface area contributed by atoms with Crippen LogP contribution in [0.25, 0.3) is 10.2 Å². The number of nitrogens with one attached hydrogen (secondary N) is 1. The summed E-state index contributed by atoms with van der Waals surface area (Å²) in [6.45, 7) is 3.98. The molecule has 0 bridgehead atoms. The molecule has 0 radical (unpaired) electrons. The van der Waals surface area contributed by atoms with Gasteiger partial charge in [0.2, 0.25) is 0 Å². The molecule has 3 aromatic heterocycles. The third-order valence-corrected chi connectivity index (χ3v) is 7.59.